The van der Waals surface area contributed by atoms with Crippen LogP contribution in [-0.2, 0) is 0 Å². The molecule has 0 aliphatic rings. The molecule has 3 heteroatoms. The Labute approximate surface area is 118 Å². The SMILES string of the molecule is C/C(=C/C(=O)c1ccccc1)Nc1ccccc1S. The Kier molecular flexibility index (Phi) is 4.42. The number of rotatable bonds is 4. The van der Waals surface area contributed by atoms with Gasteiger partial charge in [0.25, 0.3) is 0 Å². The first-order chi connectivity index (χ1) is 9.16. The summed E-state index contributed by atoms with van der Waals surface area (Å²) in [4.78, 5) is 12.8. The number of carbonyl (C=O) groups excluding carboxylic acids is 1. The second-order valence-electron chi connectivity index (χ2n) is 4.20. The molecular weight excluding hydrogens is 254 g/mol. The van der Waals surface area contributed by atoms with Crippen molar-refractivity contribution in [3.8, 4) is 0 Å². The minimum atomic E-state index is -0.0118. The molecule has 19 heavy (non-hydrogen) atoms. The van der Waals surface area contributed by atoms with Crippen molar-refractivity contribution in [1.82, 2.24) is 0 Å². The maximum absolute atomic E-state index is 12.0. The topological polar surface area (TPSA) is 29.1 Å². The van der Waals surface area contributed by atoms with E-state index in [0.717, 1.165) is 16.3 Å². The van der Waals surface area contributed by atoms with Gasteiger partial charge in [-0.25, -0.2) is 0 Å². The summed E-state index contributed by atoms with van der Waals surface area (Å²) in [5.41, 5.74) is 2.36. The van der Waals surface area contributed by atoms with Crippen molar-refractivity contribution < 1.29 is 4.79 Å². The molecule has 0 saturated carbocycles. The van der Waals surface area contributed by atoms with E-state index in [-0.39, 0.29) is 5.78 Å². The molecule has 2 aromatic rings. The zero-order chi connectivity index (χ0) is 13.7. The second kappa shape index (κ2) is 6.25. The third kappa shape index (κ3) is 3.73. The van der Waals surface area contributed by atoms with Crippen LogP contribution < -0.4 is 5.32 Å². The van der Waals surface area contributed by atoms with Crippen LogP contribution in [0.3, 0.4) is 0 Å². The van der Waals surface area contributed by atoms with Crippen LogP contribution in [0.25, 0.3) is 0 Å². The number of carbonyl (C=O) groups is 1. The summed E-state index contributed by atoms with van der Waals surface area (Å²) in [5.74, 6) is -0.0118. The van der Waals surface area contributed by atoms with Gasteiger partial charge in [-0.2, -0.15) is 0 Å². The first kappa shape index (κ1) is 13.4. The van der Waals surface area contributed by atoms with Crippen LogP contribution in [0.4, 0.5) is 5.69 Å². The highest BCUT2D eigenvalue weighted by molar-refractivity contribution is 7.80. The number of nitrogens with one attached hydrogen (secondary N) is 1. The van der Waals surface area contributed by atoms with Crippen LogP contribution in [0.5, 0.6) is 0 Å². The molecule has 0 aromatic heterocycles. The Morgan fingerprint density at radius 1 is 1.05 bits per heavy atom. The van der Waals surface area contributed by atoms with E-state index in [9.17, 15) is 4.79 Å². The lowest BCUT2D eigenvalue weighted by Crippen LogP contribution is -2.01. The summed E-state index contributed by atoms with van der Waals surface area (Å²) in [5, 5.41) is 3.17. The molecule has 0 saturated heterocycles. The number of ketones is 1. The first-order valence-corrected chi connectivity index (χ1v) is 6.44. The van der Waals surface area contributed by atoms with Crippen molar-refractivity contribution in [3.05, 3.63) is 71.9 Å². The normalized spacial score (nSPS) is 11.2. The summed E-state index contributed by atoms with van der Waals surface area (Å²) in [6.07, 6.45) is 1.59. The maximum Gasteiger partial charge on any atom is 0.187 e. The zero-order valence-electron chi connectivity index (χ0n) is 10.6. The first-order valence-electron chi connectivity index (χ1n) is 5.99. The van der Waals surface area contributed by atoms with Gasteiger partial charge in [-0.15, -0.1) is 12.6 Å². The number of hydrogen-bond acceptors (Lipinski definition) is 3. The van der Waals surface area contributed by atoms with E-state index in [4.69, 9.17) is 0 Å². The van der Waals surface area contributed by atoms with Gasteiger partial charge in [0, 0.05) is 22.2 Å². The highest BCUT2D eigenvalue weighted by Gasteiger charge is 2.03. The van der Waals surface area contributed by atoms with Gasteiger partial charge < -0.3 is 5.32 Å². The molecule has 0 fully saturated rings. The van der Waals surface area contributed by atoms with E-state index in [1.54, 1.807) is 18.2 Å². The lowest BCUT2D eigenvalue weighted by atomic mass is 10.1. The molecule has 2 rings (SSSR count). The predicted molar refractivity (Wildman–Crippen MR) is 81.8 cm³/mol. The fourth-order valence-electron chi connectivity index (χ4n) is 1.71. The van der Waals surface area contributed by atoms with E-state index < -0.39 is 0 Å². The Morgan fingerprint density at radius 3 is 2.37 bits per heavy atom. The van der Waals surface area contributed by atoms with Crippen molar-refractivity contribution in [2.45, 2.75) is 11.8 Å². The summed E-state index contributed by atoms with van der Waals surface area (Å²) >= 11 is 4.36. The van der Waals surface area contributed by atoms with E-state index in [0.29, 0.717) is 5.56 Å². The quantitative estimate of drug-likeness (QED) is 0.495. The molecule has 0 atom stereocenters. The van der Waals surface area contributed by atoms with Crippen molar-refractivity contribution in [2.75, 3.05) is 5.32 Å². The Hall–Kier alpha value is -2.00. The fraction of sp³-hybridized carbons (Fsp3) is 0.0625. The fourth-order valence-corrected chi connectivity index (χ4v) is 1.93. The van der Waals surface area contributed by atoms with E-state index in [1.807, 2.05) is 49.4 Å². The van der Waals surface area contributed by atoms with Gasteiger partial charge >= 0.3 is 0 Å². The summed E-state index contributed by atoms with van der Waals surface area (Å²) in [6.45, 7) is 1.86. The molecule has 0 bridgehead atoms. The number of thiol groups is 1. The molecule has 0 aliphatic carbocycles. The predicted octanol–water partition coefficient (Wildman–Crippen LogP) is 4.17. The van der Waals surface area contributed by atoms with E-state index in [1.165, 1.54) is 0 Å². The Balaban J connectivity index is 2.12. The van der Waals surface area contributed by atoms with Gasteiger partial charge in [-0.1, -0.05) is 42.5 Å². The number of allylic oxidation sites excluding steroid dienone is 2. The van der Waals surface area contributed by atoms with E-state index in [2.05, 4.69) is 17.9 Å². The zero-order valence-corrected chi connectivity index (χ0v) is 11.5. The third-order valence-electron chi connectivity index (χ3n) is 2.64. The third-order valence-corrected chi connectivity index (χ3v) is 3.03. The van der Waals surface area contributed by atoms with Gasteiger partial charge in [-0.3, -0.25) is 4.79 Å². The molecule has 1 N–H and O–H groups in total. The highest BCUT2D eigenvalue weighted by atomic mass is 32.1. The molecule has 0 amide bonds. The summed E-state index contributed by atoms with van der Waals surface area (Å²) in [6, 6.07) is 16.9. The summed E-state index contributed by atoms with van der Waals surface area (Å²) < 4.78 is 0. The average molecular weight is 269 g/mol. The molecule has 0 spiro atoms. The van der Waals surface area contributed by atoms with Gasteiger partial charge in [0.2, 0.25) is 0 Å². The largest absolute Gasteiger partial charge is 0.358 e. The van der Waals surface area contributed by atoms with Crippen LogP contribution in [0.1, 0.15) is 17.3 Å². The second-order valence-corrected chi connectivity index (χ2v) is 4.68. The van der Waals surface area contributed by atoms with Crippen LogP contribution in [0, 0.1) is 0 Å². The maximum atomic E-state index is 12.0. The molecule has 0 heterocycles. The van der Waals surface area contributed by atoms with Gasteiger partial charge in [-0.05, 0) is 19.1 Å². The van der Waals surface area contributed by atoms with Crippen LogP contribution in [0.2, 0.25) is 0 Å². The Morgan fingerprint density at radius 2 is 1.68 bits per heavy atom. The molecule has 96 valence electrons. The Bertz CT molecular complexity index is 605. The highest BCUT2D eigenvalue weighted by Crippen LogP contribution is 2.20. The number of hydrogen-bond donors (Lipinski definition) is 2. The molecule has 0 aliphatic heterocycles. The van der Waals surface area contributed by atoms with Crippen molar-refractivity contribution >= 4 is 24.1 Å². The van der Waals surface area contributed by atoms with Gasteiger partial charge in [0.05, 0.1) is 5.69 Å². The molecule has 2 nitrogen and oxygen atoms in total. The minimum Gasteiger partial charge on any atom is -0.358 e. The number of anilines is 1. The lowest BCUT2D eigenvalue weighted by Gasteiger charge is -2.08. The van der Waals surface area contributed by atoms with Crippen molar-refractivity contribution in [1.29, 1.82) is 0 Å². The van der Waals surface area contributed by atoms with E-state index >= 15 is 0 Å². The van der Waals surface area contributed by atoms with Crippen LogP contribution in [-0.4, -0.2) is 5.78 Å². The lowest BCUT2D eigenvalue weighted by molar-refractivity contribution is 0.104. The monoisotopic (exact) mass is 269 g/mol. The summed E-state index contributed by atoms with van der Waals surface area (Å²) in [7, 11) is 0. The van der Waals surface area contributed by atoms with Crippen LogP contribution in [0.15, 0.2) is 71.3 Å². The smallest absolute Gasteiger partial charge is 0.187 e. The molecular formula is C16H15NOS. The minimum absolute atomic E-state index is 0.0118. The average Bonchev–Trinajstić information content (AvgIpc) is 2.42. The number of para-hydroxylation sites is 1. The number of benzene rings is 2. The van der Waals surface area contributed by atoms with Crippen molar-refractivity contribution in [3.63, 3.8) is 0 Å². The molecule has 0 radical (unpaired) electrons. The molecule has 2 aromatic carbocycles. The van der Waals surface area contributed by atoms with Gasteiger partial charge in [0.15, 0.2) is 5.78 Å². The van der Waals surface area contributed by atoms with Gasteiger partial charge in [0.1, 0.15) is 0 Å². The van der Waals surface area contributed by atoms with Crippen LogP contribution >= 0.6 is 12.6 Å². The molecule has 0 unspecified atom stereocenters. The standard InChI is InChI=1S/C16H15NOS/c1-12(17-14-9-5-6-10-16(14)19)11-15(18)13-7-3-2-4-8-13/h2-11,17,19H,1H3/b12-11-. The van der Waals surface area contributed by atoms with Crippen molar-refractivity contribution in [2.24, 2.45) is 0 Å².